The van der Waals surface area contributed by atoms with E-state index in [2.05, 4.69) is 25.2 Å². The minimum Gasteiger partial charge on any atom is -0.309 e. The number of nitrogens with one attached hydrogen (secondary N) is 1. The maximum atomic E-state index is 12.3. The highest BCUT2D eigenvalue weighted by Crippen LogP contribution is 2.31. The summed E-state index contributed by atoms with van der Waals surface area (Å²) in [5.41, 5.74) is 2.28. The first-order chi connectivity index (χ1) is 11.2. The van der Waals surface area contributed by atoms with Gasteiger partial charge in [-0.2, -0.15) is 0 Å². The third-order valence-electron chi connectivity index (χ3n) is 4.41. The highest BCUT2D eigenvalue weighted by molar-refractivity contribution is 5.77. The summed E-state index contributed by atoms with van der Waals surface area (Å²) in [6, 6.07) is 7.50. The van der Waals surface area contributed by atoms with E-state index >= 15 is 0 Å². The molecule has 1 atom stereocenters. The lowest BCUT2D eigenvalue weighted by atomic mass is 10.1. The zero-order chi connectivity index (χ0) is 15.8. The van der Waals surface area contributed by atoms with Gasteiger partial charge in [0.25, 0.3) is 5.56 Å². The number of H-pyrrole nitrogens is 1. The summed E-state index contributed by atoms with van der Waals surface area (Å²) in [5.74, 6) is 0.723. The number of benzene rings is 1. The molecule has 1 fully saturated rings. The van der Waals surface area contributed by atoms with Gasteiger partial charge in [-0.3, -0.25) is 9.69 Å². The summed E-state index contributed by atoms with van der Waals surface area (Å²) >= 11 is 0. The van der Waals surface area contributed by atoms with Crippen molar-refractivity contribution in [3.05, 3.63) is 51.8 Å². The maximum absolute atomic E-state index is 12.3. The third-order valence-corrected chi connectivity index (χ3v) is 4.41. The van der Waals surface area contributed by atoms with Gasteiger partial charge < -0.3 is 4.98 Å². The minimum absolute atomic E-state index is 0.0864. The Morgan fingerprint density at radius 3 is 3.04 bits per heavy atom. The molecule has 3 heterocycles. The molecule has 7 heteroatoms. The minimum atomic E-state index is -0.0864. The van der Waals surface area contributed by atoms with Gasteiger partial charge in [0, 0.05) is 6.54 Å². The first-order valence-corrected chi connectivity index (χ1v) is 7.73. The van der Waals surface area contributed by atoms with Gasteiger partial charge in [-0.1, -0.05) is 22.4 Å². The smallest absolute Gasteiger partial charge is 0.258 e. The molecule has 1 aliphatic heterocycles. The molecule has 1 unspecified atom stereocenters. The van der Waals surface area contributed by atoms with Crippen LogP contribution >= 0.6 is 0 Å². The molecular formula is C16H17N5O2. The van der Waals surface area contributed by atoms with Crippen LogP contribution in [-0.2, 0) is 6.54 Å². The van der Waals surface area contributed by atoms with Gasteiger partial charge in [-0.25, -0.2) is 9.61 Å². The van der Waals surface area contributed by atoms with Gasteiger partial charge in [0.05, 0.1) is 16.9 Å². The fraction of sp³-hybridized carbons (Fsp3) is 0.375. The molecule has 0 saturated carbocycles. The van der Waals surface area contributed by atoms with Crippen LogP contribution in [-0.4, -0.2) is 31.7 Å². The number of hydrogen-bond acceptors (Lipinski definition) is 6. The lowest BCUT2D eigenvalue weighted by molar-refractivity contribution is 0.228. The van der Waals surface area contributed by atoms with Crippen molar-refractivity contribution < 1.29 is 4.63 Å². The molecular weight excluding hydrogens is 294 g/mol. The van der Waals surface area contributed by atoms with E-state index in [9.17, 15) is 4.79 Å². The Balaban J connectivity index is 1.69. The van der Waals surface area contributed by atoms with Crippen LogP contribution < -0.4 is 5.56 Å². The molecule has 0 aliphatic carbocycles. The Morgan fingerprint density at radius 2 is 2.22 bits per heavy atom. The van der Waals surface area contributed by atoms with E-state index in [1.165, 1.54) is 0 Å². The second-order valence-corrected chi connectivity index (χ2v) is 5.89. The molecule has 0 spiro atoms. The van der Waals surface area contributed by atoms with Gasteiger partial charge in [-0.05, 0) is 38.4 Å². The van der Waals surface area contributed by atoms with Crippen molar-refractivity contribution in [2.45, 2.75) is 32.4 Å². The first kappa shape index (κ1) is 14.1. The van der Waals surface area contributed by atoms with E-state index in [0.29, 0.717) is 11.9 Å². The summed E-state index contributed by atoms with van der Waals surface area (Å²) in [6.07, 6.45) is 2.02. The van der Waals surface area contributed by atoms with Gasteiger partial charge in [0.15, 0.2) is 0 Å². The molecule has 1 N–H and O–H groups in total. The van der Waals surface area contributed by atoms with Crippen molar-refractivity contribution in [2.75, 3.05) is 6.54 Å². The zero-order valence-electron chi connectivity index (χ0n) is 12.8. The van der Waals surface area contributed by atoms with Crippen LogP contribution in [0.25, 0.3) is 10.9 Å². The van der Waals surface area contributed by atoms with Crippen molar-refractivity contribution in [1.29, 1.82) is 0 Å². The number of fused-ring (bicyclic) bond motifs is 1. The quantitative estimate of drug-likeness (QED) is 0.795. The summed E-state index contributed by atoms with van der Waals surface area (Å²) in [4.78, 5) is 22.2. The summed E-state index contributed by atoms with van der Waals surface area (Å²) in [7, 11) is 0. The average Bonchev–Trinajstić information content (AvgIpc) is 3.17. The predicted octanol–water partition coefficient (Wildman–Crippen LogP) is 1.95. The van der Waals surface area contributed by atoms with Crippen molar-refractivity contribution in [2.24, 2.45) is 0 Å². The highest BCUT2D eigenvalue weighted by Gasteiger charge is 2.29. The van der Waals surface area contributed by atoms with Crippen molar-refractivity contribution in [1.82, 2.24) is 25.2 Å². The monoisotopic (exact) mass is 311 g/mol. The number of likely N-dealkylation sites (tertiary alicyclic amines) is 1. The number of rotatable bonds is 3. The van der Waals surface area contributed by atoms with Gasteiger partial charge in [0.1, 0.15) is 17.2 Å². The van der Waals surface area contributed by atoms with Crippen LogP contribution in [0.15, 0.2) is 33.7 Å². The van der Waals surface area contributed by atoms with Gasteiger partial charge >= 0.3 is 0 Å². The molecule has 7 nitrogen and oxygen atoms in total. The lowest BCUT2D eigenvalue weighted by Gasteiger charge is -2.22. The molecule has 1 aromatic carbocycles. The Kier molecular flexibility index (Phi) is 3.42. The van der Waals surface area contributed by atoms with E-state index in [1.807, 2.05) is 25.1 Å². The van der Waals surface area contributed by atoms with E-state index in [4.69, 9.17) is 4.63 Å². The highest BCUT2D eigenvalue weighted by atomic mass is 16.6. The van der Waals surface area contributed by atoms with E-state index < -0.39 is 0 Å². The van der Waals surface area contributed by atoms with Crippen LogP contribution in [0.5, 0.6) is 0 Å². The van der Waals surface area contributed by atoms with Crippen molar-refractivity contribution in [3.63, 3.8) is 0 Å². The maximum Gasteiger partial charge on any atom is 0.258 e. The average molecular weight is 311 g/mol. The van der Waals surface area contributed by atoms with Crippen LogP contribution in [0, 0.1) is 6.92 Å². The number of hydrogen-bond donors (Lipinski definition) is 1. The molecule has 2 aromatic heterocycles. The zero-order valence-corrected chi connectivity index (χ0v) is 12.8. The van der Waals surface area contributed by atoms with E-state index in [0.717, 1.165) is 42.1 Å². The number of aromatic amines is 1. The predicted molar refractivity (Wildman–Crippen MR) is 83.8 cm³/mol. The Bertz CT molecular complexity index is 901. The normalized spacial score (nSPS) is 18.7. The molecule has 1 saturated heterocycles. The Hall–Kier alpha value is -2.54. The van der Waals surface area contributed by atoms with Crippen LogP contribution in [0.3, 0.4) is 0 Å². The molecule has 4 rings (SSSR count). The molecule has 118 valence electrons. The summed E-state index contributed by atoms with van der Waals surface area (Å²) in [5, 5.41) is 8.40. The standard InChI is InChI=1S/C16H17N5O2/c1-10-13(20-23-19-10)9-21-8-4-7-14(21)15-17-12-6-3-2-5-11(12)16(22)18-15/h2-3,5-6,14H,4,7-9H2,1H3,(H,17,18,22). The molecule has 3 aromatic rings. The number of aromatic nitrogens is 4. The number of para-hydroxylation sites is 1. The largest absolute Gasteiger partial charge is 0.309 e. The third kappa shape index (κ3) is 2.53. The van der Waals surface area contributed by atoms with Gasteiger partial charge in [-0.15, -0.1) is 0 Å². The summed E-state index contributed by atoms with van der Waals surface area (Å²) < 4.78 is 4.77. The van der Waals surface area contributed by atoms with Crippen molar-refractivity contribution in [3.8, 4) is 0 Å². The van der Waals surface area contributed by atoms with Gasteiger partial charge in [0.2, 0.25) is 0 Å². The SMILES string of the molecule is Cc1nonc1CN1CCCC1c1nc2ccccc2c(=O)[nH]1. The molecule has 0 amide bonds. The van der Waals surface area contributed by atoms with E-state index in [1.54, 1.807) is 6.07 Å². The second-order valence-electron chi connectivity index (χ2n) is 5.89. The molecule has 0 bridgehead atoms. The van der Waals surface area contributed by atoms with Crippen LogP contribution in [0.4, 0.5) is 0 Å². The fourth-order valence-electron chi connectivity index (χ4n) is 3.17. The molecule has 0 radical (unpaired) electrons. The van der Waals surface area contributed by atoms with Crippen LogP contribution in [0.2, 0.25) is 0 Å². The first-order valence-electron chi connectivity index (χ1n) is 7.73. The topological polar surface area (TPSA) is 87.9 Å². The number of nitrogens with zero attached hydrogens (tertiary/aromatic N) is 4. The second kappa shape index (κ2) is 5.58. The molecule has 23 heavy (non-hydrogen) atoms. The Labute approximate surface area is 132 Å². The van der Waals surface area contributed by atoms with E-state index in [-0.39, 0.29) is 11.6 Å². The lowest BCUT2D eigenvalue weighted by Crippen LogP contribution is -2.26. The fourth-order valence-corrected chi connectivity index (χ4v) is 3.17. The Morgan fingerprint density at radius 1 is 1.35 bits per heavy atom. The molecule has 1 aliphatic rings. The number of aryl methyl sites for hydroxylation is 1. The van der Waals surface area contributed by atoms with Crippen molar-refractivity contribution >= 4 is 10.9 Å². The summed E-state index contributed by atoms with van der Waals surface area (Å²) in [6.45, 7) is 3.47. The van der Waals surface area contributed by atoms with Crippen LogP contribution in [0.1, 0.15) is 36.1 Å².